The third-order valence-corrected chi connectivity index (χ3v) is 6.55. The van der Waals surface area contributed by atoms with Gasteiger partial charge in [-0.25, -0.2) is 4.21 Å². The van der Waals surface area contributed by atoms with E-state index in [4.69, 9.17) is 0 Å². The number of hydrogen-bond donors (Lipinski definition) is 2. The molecule has 0 radical (unpaired) electrons. The van der Waals surface area contributed by atoms with E-state index in [0.717, 1.165) is 68.2 Å². The zero-order valence-corrected chi connectivity index (χ0v) is 19.8. The van der Waals surface area contributed by atoms with E-state index in [2.05, 4.69) is 21.2 Å². The van der Waals surface area contributed by atoms with Gasteiger partial charge in [-0.2, -0.15) is 0 Å². The Bertz CT molecular complexity index is 898. The van der Waals surface area contributed by atoms with Crippen LogP contribution in [-0.4, -0.2) is 58.8 Å². The lowest BCUT2D eigenvalue weighted by molar-refractivity contribution is -0.115. The Kier molecular flexibility index (Phi) is 9.08. The molecule has 1 aliphatic heterocycles. The highest BCUT2D eigenvalue weighted by atomic mass is 32.2. The minimum atomic E-state index is -2.01. The van der Waals surface area contributed by atoms with E-state index in [9.17, 15) is 13.6 Å². The first kappa shape index (κ1) is 24.2. The number of carbonyl (C=O) groups is 1. The molecule has 1 fully saturated rings. The van der Waals surface area contributed by atoms with Crippen LogP contribution in [0.1, 0.15) is 31.7 Å². The Balaban J connectivity index is 1.41. The van der Waals surface area contributed by atoms with Crippen molar-refractivity contribution in [3.63, 3.8) is 0 Å². The number of rotatable bonds is 10. The summed E-state index contributed by atoms with van der Waals surface area (Å²) < 4.78 is 23.0. The zero-order valence-electron chi connectivity index (χ0n) is 19.0. The standard InChI is InChI=1S/C24H34N4O3S/c1-3-24(29)25-21-7-6-8-23(19-21)27-17-15-26(16-18-27)13-4-5-14-28(32(30)31)22-11-9-20(2)10-12-22/h6-12,19H,3-5,13-18H2,1-2H3,(H,25,29)(H,30,31). The molecule has 1 atom stereocenters. The van der Waals surface area contributed by atoms with E-state index >= 15 is 0 Å². The summed E-state index contributed by atoms with van der Waals surface area (Å²) in [5.41, 5.74) is 3.89. The molecule has 3 rings (SSSR count). The van der Waals surface area contributed by atoms with Gasteiger partial charge in [-0.05, 0) is 56.6 Å². The molecule has 1 amide bonds. The Morgan fingerprint density at radius 1 is 1.09 bits per heavy atom. The van der Waals surface area contributed by atoms with Crippen LogP contribution < -0.4 is 14.5 Å². The van der Waals surface area contributed by atoms with Crippen molar-refractivity contribution in [1.29, 1.82) is 0 Å². The van der Waals surface area contributed by atoms with Gasteiger partial charge in [0.2, 0.25) is 5.91 Å². The predicted octanol–water partition coefficient (Wildman–Crippen LogP) is 3.89. The smallest absolute Gasteiger partial charge is 0.261 e. The summed E-state index contributed by atoms with van der Waals surface area (Å²) in [7, 11) is 0. The summed E-state index contributed by atoms with van der Waals surface area (Å²) in [5, 5.41) is 2.93. The van der Waals surface area contributed by atoms with Crippen molar-refractivity contribution in [3.05, 3.63) is 54.1 Å². The highest BCUT2D eigenvalue weighted by molar-refractivity contribution is 7.80. The fraction of sp³-hybridized carbons (Fsp3) is 0.458. The van der Waals surface area contributed by atoms with Crippen LogP contribution in [0.4, 0.5) is 17.1 Å². The van der Waals surface area contributed by atoms with Crippen molar-refractivity contribution in [1.82, 2.24) is 4.90 Å². The first-order chi connectivity index (χ1) is 15.5. The number of benzene rings is 2. The predicted molar refractivity (Wildman–Crippen MR) is 133 cm³/mol. The van der Waals surface area contributed by atoms with E-state index < -0.39 is 11.3 Å². The number of carbonyl (C=O) groups excluding carboxylic acids is 1. The summed E-state index contributed by atoms with van der Waals surface area (Å²) in [5.74, 6) is 0.0259. The fourth-order valence-corrected chi connectivity index (χ4v) is 4.45. The second-order valence-electron chi connectivity index (χ2n) is 8.16. The maximum atomic E-state index is 11.7. The Morgan fingerprint density at radius 3 is 2.47 bits per heavy atom. The fourth-order valence-electron chi connectivity index (χ4n) is 3.86. The van der Waals surface area contributed by atoms with E-state index in [1.165, 1.54) is 0 Å². The molecular weight excluding hydrogens is 424 g/mol. The molecule has 1 heterocycles. The van der Waals surface area contributed by atoms with Crippen LogP contribution in [0.2, 0.25) is 0 Å². The molecule has 0 spiro atoms. The van der Waals surface area contributed by atoms with E-state index in [1.807, 2.05) is 56.3 Å². The molecule has 0 bridgehead atoms. The van der Waals surface area contributed by atoms with Gasteiger partial charge in [0.15, 0.2) is 0 Å². The lowest BCUT2D eigenvalue weighted by Crippen LogP contribution is -2.46. The average Bonchev–Trinajstić information content (AvgIpc) is 2.80. The Hall–Kier alpha value is -2.42. The van der Waals surface area contributed by atoms with Gasteiger partial charge >= 0.3 is 0 Å². The number of aryl methyl sites for hydroxylation is 1. The Labute approximate surface area is 193 Å². The molecule has 2 N–H and O–H groups in total. The van der Waals surface area contributed by atoms with Crippen molar-refractivity contribution < 1.29 is 13.6 Å². The number of amides is 1. The molecule has 1 unspecified atom stereocenters. The van der Waals surface area contributed by atoms with Gasteiger partial charge in [-0.3, -0.25) is 18.6 Å². The third-order valence-electron chi connectivity index (χ3n) is 5.78. The molecule has 8 heteroatoms. The van der Waals surface area contributed by atoms with Gasteiger partial charge in [-0.1, -0.05) is 30.7 Å². The van der Waals surface area contributed by atoms with E-state index in [0.29, 0.717) is 13.0 Å². The number of piperazine rings is 1. The van der Waals surface area contributed by atoms with Crippen LogP contribution >= 0.6 is 0 Å². The van der Waals surface area contributed by atoms with Gasteiger partial charge in [-0.15, -0.1) is 0 Å². The van der Waals surface area contributed by atoms with Crippen LogP contribution in [0.15, 0.2) is 48.5 Å². The molecular formula is C24H34N4O3S. The van der Waals surface area contributed by atoms with Crippen molar-refractivity contribution in [2.75, 3.05) is 53.8 Å². The maximum Gasteiger partial charge on any atom is 0.261 e. The highest BCUT2D eigenvalue weighted by Gasteiger charge is 2.18. The SMILES string of the molecule is CCC(=O)Nc1cccc(N2CCN(CCCCN(c3ccc(C)cc3)S(=O)O)CC2)c1. The maximum absolute atomic E-state index is 11.7. The molecule has 0 saturated carbocycles. The van der Waals surface area contributed by atoms with Crippen LogP contribution in [0.5, 0.6) is 0 Å². The molecule has 32 heavy (non-hydrogen) atoms. The minimum Gasteiger partial charge on any atom is -0.369 e. The Morgan fingerprint density at radius 2 is 1.81 bits per heavy atom. The van der Waals surface area contributed by atoms with Crippen molar-refractivity contribution in [3.8, 4) is 0 Å². The molecule has 0 aliphatic carbocycles. The highest BCUT2D eigenvalue weighted by Crippen LogP contribution is 2.21. The normalized spacial score (nSPS) is 15.4. The van der Waals surface area contributed by atoms with Crippen LogP contribution in [0.3, 0.4) is 0 Å². The first-order valence-corrected chi connectivity index (χ1v) is 12.3. The van der Waals surface area contributed by atoms with Crippen molar-refractivity contribution >= 4 is 34.2 Å². The number of hydrogen-bond acceptors (Lipinski definition) is 4. The van der Waals surface area contributed by atoms with Crippen molar-refractivity contribution in [2.24, 2.45) is 0 Å². The largest absolute Gasteiger partial charge is 0.369 e. The van der Waals surface area contributed by atoms with Crippen LogP contribution in [-0.2, 0) is 16.1 Å². The van der Waals surface area contributed by atoms with Crippen LogP contribution in [0, 0.1) is 6.92 Å². The topological polar surface area (TPSA) is 76.1 Å². The third kappa shape index (κ3) is 7.05. The zero-order chi connectivity index (χ0) is 22.9. The van der Waals surface area contributed by atoms with Crippen LogP contribution in [0.25, 0.3) is 0 Å². The van der Waals surface area contributed by atoms with Gasteiger partial charge in [0.25, 0.3) is 11.3 Å². The lowest BCUT2D eigenvalue weighted by Gasteiger charge is -2.36. The second-order valence-corrected chi connectivity index (χ2v) is 9.06. The molecule has 1 aliphatic rings. The molecule has 2 aromatic carbocycles. The summed E-state index contributed by atoms with van der Waals surface area (Å²) in [4.78, 5) is 16.4. The summed E-state index contributed by atoms with van der Waals surface area (Å²) in [6.45, 7) is 9.26. The summed E-state index contributed by atoms with van der Waals surface area (Å²) >= 11 is -2.01. The molecule has 174 valence electrons. The lowest BCUT2D eigenvalue weighted by atomic mass is 10.2. The van der Waals surface area contributed by atoms with Crippen molar-refractivity contribution in [2.45, 2.75) is 33.1 Å². The minimum absolute atomic E-state index is 0.0259. The van der Waals surface area contributed by atoms with Gasteiger partial charge in [0, 0.05) is 50.5 Å². The molecule has 7 nitrogen and oxygen atoms in total. The number of anilines is 3. The van der Waals surface area contributed by atoms with Gasteiger partial charge < -0.3 is 10.2 Å². The number of nitrogens with one attached hydrogen (secondary N) is 1. The quantitative estimate of drug-likeness (QED) is 0.417. The second kappa shape index (κ2) is 12.0. The average molecular weight is 459 g/mol. The molecule has 0 aromatic heterocycles. The van der Waals surface area contributed by atoms with Gasteiger partial charge in [0.1, 0.15) is 0 Å². The van der Waals surface area contributed by atoms with Gasteiger partial charge in [0.05, 0.1) is 5.69 Å². The van der Waals surface area contributed by atoms with E-state index in [1.54, 1.807) is 4.31 Å². The molecule has 1 saturated heterocycles. The summed E-state index contributed by atoms with van der Waals surface area (Å²) in [6.07, 6.45) is 2.32. The summed E-state index contributed by atoms with van der Waals surface area (Å²) in [6, 6.07) is 15.7. The van der Waals surface area contributed by atoms with E-state index in [-0.39, 0.29) is 5.91 Å². The monoisotopic (exact) mass is 458 g/mol. The molecule has 2 aromatic rings. The number of unbranched alkanes of at least 4 members (excludes halogenated alkanes) is 1. The number of nitrogens with zero attached hydrogens (tertiary/aromatic N) is 3. The first-order valence-electron chi connectivity index (χ1n) is 11.3.